The van der Waals surface area contributed by atoms with Crippen molar-refractivity contribution in [2.45, 2.75) is 19.3 Å². The van der Waals surface area contributed by atoms with Gasteiger partial charge in [-0.15, -0.1) is 11.3 Å². The first-order valence-corrected chi connectivity index (χ1v) is 12.1. The Morgan fingerprint density at radius 3 is 2.66 bits per heavy atom. The van der Waals surface area contributed by atoms with Crippen LogP contribution in [0.1, 0.15) is 28.8 Å². The Balaban J connectivity index is 1.21. The molecule has 32 heavy (non-hydrogen) atoms. The van der Waals surface area contributed by atoms with E-state index in [2.05, 4.69) is 35.0 Å². The average Bonchev–Trinajstić information content (AvgIpc) is 3.26. The van der Waals surface area contributed by atoms with Gasteiger partial charge in [0.1, 0.15) is 0 Å². The molecule has 2 heterocycles. The van der Waals surface area contributed by atoms with Crippen LogP contribution in [0.2, 0.25) is 0 Å². The summed E-state index contributed by atoms with van der Waals surface area (Å²) >= 11 is 1.75. The van der Waals surface area contributed by atoms with E-state index in [1.807, 2.05) is 47.4 Å². The summed E-state index contributed by atoms with van der Waals surface area (Å²) in [5.74, 6) is -0.0779. The summed E-state index contributed by atoms with van der Waals surface area (Å²) in [5, 5.41) is 8.60. The minimum absolute atomic E-state index is 0.0176. The van der Waals surface area contributed by atoms with Gasteiger partial charge in [0.15, 0.2) is 0 Å². The van der Waals surface area contributed by atoms with Crippen LogP contribution in [0.3, 0.4) is 0 Å². The highest BCUT2D eigenvalue weighted by molar-refractivity contribution is 7.17. The van der Waals surface area contributed by atoms with E-state index in [-0.39, 0.29) is 17.7 Å². The molecule has 0 radical (unpaired) electrons. The molecule has 0 spiro atoms. The first-order chi connectivity index (χ1) is 15.7. The summed E-state index contributed by atoms with van der Waals surface area (Å²) in [6.07, 6.45) is 2.50. The van der Waals surface area contributed by atoms with Gasteiger partial charge in [0.25, 0.3) is 5.91 Å². The molecular formula is C27H26N2O2S. The Morgan fingerprint density at radius 1 is 0.969 bits per heavy atom. The monoisotopic (exact) mass is 442 g/mol. The molecule has 1 fully saturated rings. The summed E-state index contributed by atoms with van der Waals surface area (Å²) in [5.41, 5.74) is 2.00. The second-order valence-corrected chi connectivity index (χ2v) is 9.33. The molecule has 0 saturated carbocycles. The molecule has 3 aromatic carbocycles. The highest BCUT2D eigenvalue weighted by Gasteiger charge is 2.29. The summed E-state index contributed by atoms with van der Waals surface area (Å²) in [6, 6.07) is 22.2. The molecule has 1 unspecified atom stereocenters. The number of thiophene rings is 1. The van der Waals surface area contributed by atoms with E-state index in [0.29, 0.717) is 25.2 Å². The number of amides is 2. The Morgan fingerprint density at radius 2 is 1.75 bits per heavy atom. The molecule has 0 aliphatic carbocycles. The van der Waals surface area contributed by atoms with Crippen LogP contribution in [0.5, 0.6) is 0 Å². The average molecular weight is 443 g/mol. The Bertz CT molecular complexity index is 1270. The predicted octanol–water partition coefficient (Wildman–Crippen LogP) is 5.27. The van der Waals surface area contributed by atoms with E-state index in [1.165, 1.54) is 15.6 Å². The quantitative estimate of drug-likeness (QED) is 0.458. The van der Waals surface area contributed by atoms with Gasteiger partial charge in [-0.25, -0.2) is 0 Å². The van der Waals surface area contributed by atoms with Gasteiger partial charge in [-0.3, -0.25) is 9.59 Å². The van der Waals surface area contributed by atoms with E-state index in [9.17, 15) is 9.59 Å². The maximum atomic E-state index is 13.3. The zero-order valence-corrected chi connectivity index (χ0v) is 18.7. The van der Waals surface area contributed by atoms with Crippen molar-refractivity contribution in [3.8, 4) is 0 Å². The van der Waals surface area contributed by atoms with Gasteiger partial charge < -0.3 is 10.2 Å². The van der Waals surface area contributed by atoms with Gasteiger partial charge in [-0.05, 0) is 58.5 Å². The number of rotatable bonds is 5. The van der Waals surface area contributed by atoms with Crippen LogP contribution in [-0.2, 0) is 11.2 Å². The lowest BCUT2D eigenvalue weighted by Gasteiger charge is -2.32. The van der Waals surface area contributed by atoms with E-state index in [1.54, 1.807) is 11.3 Å². The summed E-state index contributed by atoms with van der Waals surface area (Å²) in [6.45, 7) is 1.80. The van der Waals surface area contributed by atoms with Crippen LogP contribution in [0.4, 0.5) is 0 Å². The van der Waals surface area contributed by atoms with Crippen LogP contribution in [0, 0.1) is 5.92 Å². The molecule has 5 heteroatoms. The number of carbonyl (C=O) groups is 2. The SMILES string of the molecule is O=C(NCCc1csc2ccccc12)C1CCCN(C(=O)c2cccc3ccccc23)C1. The van der Waals surface area contributed by atoms with E-state index >= 15 is 0 Å². The molecule has 0 bridgehead atoms. The van der Waals surface area contributed by atoms with Crippen molar-refractivity contribution in [3.05, 3.63) is 83.2 Å². The maximum Gasteiger partial charge on any atom is 0.254 e. The van der Waals surface area contributed by atoms with E-state index in [0.717, 1.165) is 30.0 Å². The van der Waals surface area contributed by atoms with Crippen molar-refractivity contribution in [2.24, 2.45) is 5.92 Å². The van der Waals surface area contributed by atoms with Crippen LogP contribution < -0.4 is 5.32 Å². The molecule has 2 amide bonds. The highest BCUT2D eigenvalue weighted by atomic mass is 32.1. The zero-order valence-electron chi connectivity index (χ0n) is 17.9. The van der Waals surface area contributed by atoms with Gasteiger partial charge in [-0.1, -0.05) is 54.6 Å². The standard InChI is InChI=1S/C27H26N2O2S/c30-26(28-15-14-21-18-32-25-13-4-3-11-23(21)25)20-9-6-16-29(17-20)27(31)24-12-5-8-19-7-1-2-10-22(19)24/h1-5,7-8,10-13,18,20H,6,9,14-17H2,(H,28,30). The number of hydrogen-bond acceptors (Lipinski definition) is 3. The molecule has 1 atom stereocenters. The van der Waals surface area contributed by atoms with Gasteiger partial charge in [-0.2, -0.15) is 0 Å². The Hall–Kier alpha value is -3.18. The molecule has 162 valence electrons. The minimum atomic E-state index is -0.151. The molecule has 4 aromatic rings. The molecule has 1 aliphatic rings. The topological polar surface area (TPSA) is 49.4 Å². The normalized spacial score (nSPS) is 16.4. The number of likely N-dealkylation sites (tertiary alicyclic amines) is 1. The third kappa shape index (κ3) is 4.13. The fourth-order valence-corrected chi connectivity index (χ4v) is 5.65. The third-order valence-electron chi connectivity index (χ3n) is 6.35. The number of fused-ring (bicyclic) bond motifs is 2. The summed E-state index contributed by atoms with van der Waals surface area (Å²) < 4.78 is 1.28. The van der Waals surface area contributed by atoms with E-state index < -0.39 is 0 Å². The lowest BCUT2D eigenvalue weighted by molar-refractivity contribution is -0.126. The minimum Gasteiger partial charge on any atom is -0.355 e. The molecule has 1 N–H and O–H groups in total. The van der Waals surface area contributed by atoms with Crippen molar-refractivity contribution in [1.82, 2.24) is 10.2 Å². The highest BCUT2D eigenvalue weighted by Crippen LogP contribution is 2.26. The fraction of sp³-hybridized carbons (Fsp3) is 0.259. The summed E-state index contributed by atoms with van der Waals surface area (Å²) in [7, 11) is 0. The molecule has 1 aromatic heterocycles. The van der Waals surface area contributed by atoms with E-state index in [4.69, 9.17) is 0 Å². The Kier molecular flexibility index (Phi) is 5.91. The first-order valence-electron chi connectivity index (χ1n) is 11.2. The van der Waals surface area contributed by atoms with Crippen LogP contribution >= 0.6 is 11.3 Å². The predicted molar refractivity (Wildman–Crippen MR) is 131 cm³/mol. The number of piperidine rings is 1. The van der Waals surface area contributed by atoms with Crippen molar-refractivity contribution < 1.29 is 9.59 Å². The smallest absolute Gasteiger partial charge is 0.254 e. The van der Waals surface area contributed by atoms with Gasteiger partial charge in [0, 0.05) is 29.9 Å². The van der Waals surface area contributed by atoms with Crippen molar-refractivity contribution in [1.29, 1.82) is 0 Å². The Labute approximate surface area is 191 Å². The molecule has 5 rings (SSSR count). The van der Waals surface area contributed by atoms with Gasteiger partial charge in [0.05, 0.1) is 5.92 Å². The largest absolute Gasteiger partial charge is 0.355 e. The van der Waals surface area contributed by atoms with Crippen molar-refractivity contribution in [2.75, 3.05) is 19.6 Å². The van der Waals surface area contributed by atoms with Crippen LogP contribution in [0.15, 0.2) is 72.1 Å². The third-order valence-corrected chi connectivity index (χ3v) is 7.37. The van der Waals surface area contributed by atoms with Crippen molar-refractivity contribution >= 4 is 44.0 Å². The van der Waals surface area contributed by atoms with Crippen molar-refractivity contribution in [3.63, 3.8) is 0 Å². The number of nitrogens with one attached hydrogen (secondary N) is 1. The number of hydrogen-bond donors (Lipinski definition) is 1. The fourth-order valence-electron chi connectivity index (χ4n) is 4.65. The number of carbonyl (C=O) groups excluding carboxylic acids is 2. The lowest BCUT2D eigenvalue weighted by Crippen LogP contribution is -2.45. The lowest BCUT2D eigenvalue weighted by atomic mass is 9.95. The number of nitrogens with zero attached hydrogens (tertiary/aromatic N) is 1. The molecule has 1 aliphatic heterocycles. The zero-order chi connectivity index (χ0) is 21.9. The second-order valence-electron chi connectivity index (χ2n) is 8.42. The molecular weight excluding hydrogens is 416 g/mol. The maximum absolute atomic E-state index is 13.3. The van der Waals surface area contributed by atoms with Crippen LogP contribution in [-0.4, -0.2) is 36.3 Å². The van der Waals surface area contributed by atoms with Gasteiger partial charge in [0.2, 0.25) is 5.91 Å². The first kappa shape index (κ1) is 20.7. The van der Waals surface area contributed by atoms with Gasteiger partial charge >= 0.3 is 0 Å². The summed E-state index contributed by atoms with van der Waals surface area (Å²) in [4.78, 5) is 28.0. The van der Waals surface area contributed by atoms with Crippen LogP contribution in [0.25, 0.3) is 20.9 Å². The number of benzene rings is 3. The molecule has 1 saturated heterocycles. The second kappa shape index (κ2) is 9.13. The molecule has 4 nitrogen and oxygen atoms in total.